The first kappa shape index (κ1) is 18.1. The van der Waals surface area contributed by atoms with Gasteiger partial charge in [0, 0.05) is 25.7 Å². The van der Waals surface area contributed by atoms with Gasteiger partial charge in [-0.2, -0.15) is 0 Å². The molecule has 1 spiro atoms. The van der Waals surface area contributed by atoms with Crippen LogP contribution in [0.5, 0.6) is 0 Å². The highest BCUT2D eigenvalue weighted by atomic mass is 16.8. The van der Waals surface area contributed by atoms with E-state index in [4.69, 9.17) is 18.9 Å². The van der Waals surface area contributed by atoms with Crippen LogP contribution in [-0.4, -0.2) is 58.4 Å². The SMILES string of the molecule is CCCC1(CCC)O[C@@H]2[C@@H](O)[C@@H]3OC4(CCCCC4)O[C@H]3[C@H](O)[C@@H]2O1. The van der Waals surface area contributed by atoms with Crippen molar-refractivity contribution in [2.75, 3.05) is 0 Å². The zero-order chi connectivity index (χ0) is 17.7. The lowest BCUT2D eigenvalue weighted by molar-refractivity contribution is -0.220. The Kier molecular flexibility index (Phi) is 4.88. The fourth-order valence-corrected chi connectivity index (χ4v) is 5.19. The molecule has 0 amide bonds. The summed E-state index contributed by atoms with van der Waals surface area (Å²) in [4.78, 5) is 0. The minimum absolute atomic E-state index is 0.544. The second-order valence-electron chi connectivity index (χ2n) is 8.19. The molecule has 0 aromatic heterocycles. The van der Waals surface area contributed by atoms with Crippen molar-refractivity contribution in [2.24, 2.45) is 0 Å². The average molecular weight is 356 g/mol. The summed E-state index contributed by atoms with van der Waals surface area (Å²) in [6.45, 7) is 4.18. The smallest absolute Gasteiger partial charge is 0.169 e. The monoisotopic (exact) mass is 356 g/mol. The Hall–Kier alpha value is -0.240. The van der Waals surface area contributed by atoms with Gasteiger partial charge in [0.25, 0.3) is 0 Å². The third kappa shape index (κ3) is 2.95. The fraction of sp³-hybridized carbons (Fsp3) is 1.00. The van der Waals surface area contributed by atoms with E-state index in [1.54, 1.807) is 0 Å². The van der Waals surface area contributed by atoms with E-state index in [0.717, 1.165) is 51.4 Å². The molecule has 2 N–H and O–H groups in total. The highest BCUT2D eigenvalue weighted by Gasteiger charge is 2.65. The van der Waals surface area contributed by atoms with E-state index >= 15 is 0 Å². The molecule has 144 valence electrons. The molecule has 6 atom stereocenters. The molecular weight excluding hydrogens is 324 g/mol. The third-order valence-electron chi connectivity index (χ3n) is 6.27. The number of ether oxygens (including phenoxy) is 4. The molecule has 2 aliphatic carbocycles. The molecular formula is C19H32O6. The lowest BCUT2D eigenvalue weighted by Crippen LogP contribution is -2.61. The average Bonchev–Trinajstić information content (AvgIpc) is 3.15. The lowest BCUT2D eigenvalue weighted by atomic mass is 9.85. The summed E-state index contributed by atoms with van der Waals surface area (Å²) in [5, 5.41) is 21.9. The van der Waals surface area contributed by atoms with Crippen LogP contribution >= 0.6 is 0 Å². The Labute approximate surface area is 149 Å². The Balaban J connectivity index is 1.55. The quantitative estimate of drug-likeness (QED) is 0.804. The molecule has 4 fully saturated rings. The standard InChI is InChI=1S/C19H32O6/c1-3-8-18(9-4-2)22-14-12(20)16-17(13(21)15(14)23-18)25-19(24-16)10-6-5-7-11-19/h12-17,20-21H,3-11H2,1-2H3/t12-,13-,14-,15+,16+,17+/m1/s1. The highest BCUT2D eigenvalue weighted by Crippen LogP contribution is 2.49. The number of aliphatic hydroxyl groups is 2. The van der Waals surface area contributed by atoms with Crippen LogP contribution in [-0.2, 0) is 18.9 Å². The summed E-state index contributed by atoms with van der Waals surface area (Å²) in [6, 6.07) is 0. The van der Waals surface area contributed by atoms with Gasteiger partial charge < -0.3 is 29.2 Å². The summed E-state index contributed by atoms with van der Waals surface area (Å²) >= 11 is 0. The molecule has 0 bridgehead atoms. The maximum absolute atomic E-state index is 10.9. The van der Waals surface area contributed by atoms with Crippen LogP contribution < -0.4 is 0 Å². The Bertz CT molecular complexity index is 441. The van der Waals surface area contributed by atoms with E-state index in [1.165, 1.54) is 6.42 Å². The van der Waals surface area contributed by atoms with Gasteiger partial charge in [-0.15, -0.1) is 0 Å². The van der Waals surface area contributed by atoms with Crippen molar-refractivity contribution in [2.45, 2.75) is 120 Å². The predicted molar refractivity (Wildman–Crippen MR) is 89.9 cm³/mol. The molecule has 0 aromatic carbocycles. The van der Waals surface area contributed by atoms with E-state index < -0.39 is 48.2 Å². The number of fused-ring (bicyclic) bond motifs is 2. The van der Waals surface area contributed by atoms with Gasteiger partial charge in [0.05, 0.1) is 0 Å². The largest absolute Gasteiger partial charge is 0.387 e. The summed E-state index contributed by atoms with van der Waals surface area (Å²) in [5.74, 6) is -1.35. The maximum Gasteiger partial charge on any atom is 0.169 e. The summed E-state index contributed by atoms with van der Waals surface area (Å²) < 4.78 is 24.9. The molecule has 2 aliphatic heterocycles. The number of aliphatic hydroxyl groups excluding tert-OH is 2. The van der Waals surface area contributed by atoms with Crippen LogP contribution in [0.1, 0.15) is 71.6 Å². The second-order valence-corrected chi connectivity index (χ2v) is 8.19. The maximum atomic E-state index is 10.9. The van der Waals surface area contributed by atoms with Gasteiger partial charge in [0.15, 0.2) is 11.6 Å². The van der Waals surface area contributed by atoms with E-state index in [9.17, 15) is 10.2 Å². The second kappa shape index (κ2) is 6.73. The highest BCUT2D eigenvalue weighted by molar-refractivity contribution is 5.09. The number of hydrogen-bond acceptors (Lipinski definition) is 6. The number of hydrogen-bond donors (Lipinski definition) is 2. The molecule has 25 heavy (non-hydrogen) atoms. The van der Waals surface area contributed by atoms with E-state index in [1.807, 2.05) is 0 Å². The van der Waals surface area contributed by atoms with Gasteiger partial charge in [-0.05, 0) is 12.8 Å². The van der Waals surface area contributed by atoms with Crippen molar-refractivity contribution < 1.29 is 29.2 Å². The van der Waals surface area contributed by atoms with E-state index in [0.29, 0.717) is 0 Å². The zero-order valence-electron chi connectivity index (χ0n) is 15.4. The predicted octanol–water partition coefficient (Wildman–Crippen LogP) is 2.25. The summed E-state index contributed by atoms with van der Waals surface area (Å²) in [5.41, 5.74) is 0. The normalized spacial score (nSPS) is 44.6. The number of rotatable bonds is 4. The van der Waals surface area contributed by atoms with Crippen LogP contribution in [0.2, 0.25) is 0 Å². The molecule has 0 unspecified atom stereocenters. The first-order valence-corrected chi connectivity index (χ1v) is 10.1. The van der Waals surface area contributed by atoms with Gasteiger partial charge in [-0.3, -0.25) is 0 Å². The van der Waals surface area contributed by atoms with Gasteiger partial charge in [0.1, 0.15) is 36.6 Å². The first-order chi connectivity index (χ1) is 12.0. The van der Waals surface area contributed by atoms with Crippen molar-refractivity contribution in [1.82, 2.24) is 0 Å². The fourth-order valence-electron chi connectivity index (χ4n) is 5.19. The van der Waals surface area contributed by atoms with Crippen LogP contribution in [0.3, 0.4) is 0 Å². The van der Waals surface area contributed by atoms with Gasteiger partial charge in [-0.25, -0.2) is 0 Å². The van der Waals surface area contributed by atoms with Crippen LogP contribution in [0.15, 0.2) is 0 Å². The van der Waals surface area contributed by atoms with Gasteiger partial charge >= 0.3 is 0 Å². The molecule has 4 aliphatic rings. The summed E-state index contributed by atoms with van der Waals surface area (Å²) in [6.07, 6.45) is 4.43. The van der Waals surface area contributed by atoms with Gasteiger partial charge in [-0.1, -0.05) is 33.1 Å². The molecule has 0 radical (unpaired) electrons. The minimum atomic E-state index is -0.838. The summed E-state index contributed by atoms with van der Waals surface area (Å²) in [7, 11) is 0. The zero-order valence-corrected chi connectivity index (χ0v) is 15.4. The molecule has 2 saturated carbocycles. The van der Waals surface area contributed by atoms with Crippen LogP contribution in [0, 0.1) is 0 Å². The minimum Gasteiger partial charge on any atom is -0.387 e. The van der Waals surface area contributed by atoms with Crippen molar-refractivity contribution in [3.63, 3.8) is 0 Å². The van der Waals surface area contributed by atoms with Crippen LogP contribution in [0.4, 0.5) is 0 Å². The van der Waals surface area contributed by atoms with E-state index in [2.05, 4.69) is 13.8 Å². The molecule has 4 rings (SSSR count). The van der Waals surface area contributed by atoms with Crippen molar-refractivity contribution in [1.29, 1.82) is 0 Å². The van der Waals surface area contributed by atoms with Crippen molar-refractivity contribution in [3.05, 3.63) is 0 Å². The van der Waals surface area contributed by atoms with Crippen molar-refractivity contribution in [3.8, 4) is 0 Å². The first-order valence-electron chi connectivity index (χ1n) is 10.1. The third-order valence-corrected chi connectivity index (χ3v) is 6.27. The molecule has 2 saturated heterocycles. The molecule has 2 heterocycles. The topological polar surface area (TPSA) is 77.4 Å². The molecule has 6 heteroatoms. The van der Waals surface area contributed by atoms with E-state index in [-0.39, 0.29) is 0 Å². The Morgan fingerprint density at radius 3 is 1.60 bits per heavy atom. The van der Waals surface area contributed by atoms with Gasteiger partial charge in [0.2, 0.25) is 0 Å². The molecule has 6 nitrogen and oxygen atoms in total. The Morgan fingerprint density at radius 2 is 1.16 bits per heavy atom. The van der Waals surface area contributed by atoms with Crippen molar-refractivity contribution >= 4 is 0 Å². The Morgan fingerprint density at radius 1 is 0.720 bits per heavy atom. The van der Waals surface area contributed by atoms with Crippen LogP contribution in [0.25, 0.3) is 0 Å². The molecule has 0 aromatic rings. The lowest BCUT2D eigenvalue weighted by Gasteiger charge is -2.38.